The molecule has 13 nitrogen and oxygen atoms in total. The number of carbonyl (C=O) groups excluding carboxylic acids is 2. The van der Waals surface area contributed by atoms with Gasteiger partial charge in [-0.3, -0.25) is 19.0 Å². The van der Waals surface area contributed by atoms with E-state index in [0.717, 1.165) is 83.7 Å². The Morgan fingerprint density at radius 1 is 0.793 bits per heavy atom. The molecule has 4 aromatic rings. The Balaban J connectivity index is 0.759. The van der Waals surface area contributed by atoms with Crippen LogP contribution in [0.4, 0.5) is 26.1 Å². The summed E-state index contributed by atoms with van der Waals surface area (Å²) in [5.74, 6) is -0.772. The summed E-state index contributed by atoms with van der Waals surface area (Å²) in [4.78, 5) is 51.2. The van der Waals surface area contributed by atoms with Crippen molar-refractivity contribution in [1.29, 1.82) is 0 Å². The molecule has 5 heterocycles. The van der Waals surface area contributed by atoms with Crippen molar-refractivity contribution in [1.82, 2.24) is 30.1 Å². The van der Waals surface area contributed by atoms with Crippen LogP contribution in [0.5, 0.6) is 0 Å². The van der Waals surface area contributed by atoms with Gasteiger partial charge < -0.3 is 36.2 Å². The van der Waals surface area contributed by atoms with E-state index in [1.165, 1.54) is 16.7 Å². The smallest absolute Gasteiger partial charge is 0.255 e. The second-order valence-electron chi connectivity index (χ2n) is 16.0. The molecular formula is C43H51F2N9O4. The maximum absolute atomic E-state index is 15.2. The Morgan fingerprint density at radius 2 is 1.59 bits per heavy atom. The number of benzene rings is 2. The van der Waals surface area contributed by atoms with Gasteiger partial charge in [-0.25, -0.2) is 18.7 Å². The highest BCUT2D eigenvalue weighted by atomic mass is 19.1. The molecule has 5 N–H and O–H groups in total. The van der Waals surface area contributed by atoms with E-state index in [2.05, 4.69) is 41.0 Å². The van der Waals surface area contributed by atoms with Crippen molar-refractivity contribution in [3.05, 3.63) is 95.0 Å². The van der Waals surface area contributed by atoms with E-state index in [9.17, 15) is 23.9 Å². The van der Waals surface area contributed by atoms with Gasteiger partial charge >= 0.3 is 0 Å². The van der Waals surface area contributed by atoms with E-state index in [4.69, 9.17) is 0 Å². The van der Waals surface area contributed by atoms with Crippen LogP contribution >= 0.6 is 0 Å². The summed E-state index contributed by atoms with van der Waals surface area (Å²) in [6.45, 7) is 3.35. The van der Waals surface area contributed by atoms with Crippen LogP contribution in [0, 0.1) is 17.6 Å². The maximum Gasteiger partial charge on any atom is 0.255 e. The Labute approximate surface area is 336 Å². The Hall–Kier alpha value is -5.41. The number of aromatic nitrogens is 3. The third kappa shape index (κ3) is 9.15. The zero-order chi connectivity index (χ0) is 40.2. The molecule has 1 saturated carbocycles. The summed E-state index contributed by atoms with van der Waals surface area (Å²) in [5.41, 5.74) is 2.22. The third-order valence-electron chi connectivity index (χ3n) is 12.2. The van der Waals surface area contributed by atoms with Gasteiger partial charge in [-0.15, -0.1) is 0 Å². The number of amides is 2. The van der Waals surface area contributed by atoms with Crippen LogP contribution in [0.15, 0.2) is 77.9 Å². The minimum atomic E-state index is -0.829. The first kappa shape index (κ1) is 39.4. The SMILES string of the molecule is O=C(NC1CCN(C2CCN(c3ccc(NC4CCC(O)NC4=O)cc3F)CC2)CC1)C1CCC(Nc2ncc(F)c(-c3cccc(-n4ccccc4=O)c3)n2)CC1. The van der Waals surface area contributed by atoms with Crippen LogP contribution in [-0.4, -0.2) is 92.9 Å². The predicted molar refractivity (Wildman–Crippen MR) is 218 cm³/mol. The van der Waals surface area contributed by atoms with Crippen molar-refractivity contribution < 1.29 is 23.5 Å². The Bertz CT molecular complexity index is 2150. The second-order valence-corrected chi connectivity index (χ2v) is 16.0. The van der Waals surface area contributed by atoms with Gasteiger partial charge in [0.15, 0.2) is 5.82 Å². The molecular weight excluding hydrogens is 745 g/mol. The van der Waals surface area contributed by atoms with Crippen molar-refractivity contribution >= 4 is 29.1 Å². The van der Waals surface area contributed by atoms with Gasteiger partial charge in [-0.2, -0.15) is 0 Å². The van der Waals surface area contributed by atoms with E-state index in [1.54, 1.807) is 48.7 Å². The number of anilines is 3. The number of aliphatic hydroxyl groups excluding tert-OH is 1. The van der Waals surface area contributed by atoms with Crippen molar-refractivity contribution in [3.63, 3.8) is 0 Å². The molecule has 2 atom stereocenters. The van der Waals surface area contributed by atoms with Gasteiger partial charge in [0.25, 0.3) is 5.56 Å². The molecule has 15 heteroatoms. The molecule has 2 aromatic carbocycles. The number of halogens is 2. The molecule has 0 bridgehead atoms. The number of nitrogens with zero attached hydrogens (tertiary/aromatic N) is 5. The van der Waals surface area contributed by atoms with Crippen LogP contribution in [-0.2, 0) is 9.59 Å². The normalized spacial score (nSPS) is 23.6. The van der Waals surface area contributed by atoms with Gasteiger partial charge in [-0.05, 0) is 101 Å². The van der Waals surface area contributed by atoms with E-state index in [-0.39, 0.29) is 46.9 Å². The first-order valence-electron chi connectivity index (χ1n) is 20.6. The van der Waals surface area contributed by atoms with Crippen LogP contribution in [0.3, 0.4) is 0 Å². The van der Waals surface area contributed by atoms with Gasteiger partial charge in [0.1, 0.15) is 23.8 Å². The summed E-state index contributed by atoms with van der Waals surface area (Å²) < 4.78 is 31.7. The number of hydrogen-bond acceptors (Lipinski definition) is 10. The number of carbonyl (C=O) groups is 2. The molecule has 1 aliphatic carbocycles. The van der Waals surface area contributed by atoms with Crippen LogP contribution in [0.25, 0.3) is 16.9 Å². The van der Waals surface area contributed by atoms with Crippen molar-refractivity contribution in [3.8, 4) is 16.9 Å². The molecule has 58 heavy (non-hydrogen) atoms. The van der Waals surface area contributed by atoms with E-state index in [1.807, 2.05) is 6.07 Å². The highest BCUT2D eigenvalue weighted by molar-refractivity contribution is 5.85. The fourth-order valence-electron chi connectivity index (χ4n) is 8.95. The number of rotatable bonds is 10. The summed E-state index contributed by atoms with van der Waals surface area (Å²) in [6, 6.07) is 17.1. The van der Waals surface area contributed by atoms with E-state index < -0.39 is 18.1 Å². The van der Waals surface area contributed by atoms with Gasteiger partial charge in [0.05, 0.1) is 11.9 Å². The lowest BCUT2D eigenvalue weighted by Gasteiger charge is -2.42. The van der Waals surface area contributed by atoms with Crippen LogP contribution in [0.1, 0.15) is 64.2 Å². The summed E-state index contributed by atoms with van der Waals surface area (Å²) in [7, 11) is 0. The van der Waals surface area contributed by atoms with Crippen LogP contribution in [0.2, 0.25) is 0 Å². The fraction of sp³-hybridized carbons (Fsp3) is 0.465. The molecule has 0 spiro atoms. The predicted octanol–water partition coefficient (Wildman–Crippen LogP) is 4.80. The summed E-state index contributed by atoms with van der Waals surface area (Å²) >= 11 is 0. The van der Waals surface area contributed by atoms with Crippen LogP contribution < -0.4 is 31.7 Å². The highest BCUT2D eigenvalue weighted by Gasteiger charge is 2.33. The molecule has 2 amide bonds. The lowest BCUT2D eigenvalue weighted by molar-refractivity contribution is -0.128. The minimum Gasteiger partial charge on any atom is -0.374 e. The lowest BCUT2D eigenvalue weighted by atomic mass is 9.85. The molecule has 3 aliphatic heterocycles. The molecule has 4 fully saturated rings. The Morgan fingerprint density at radius 3 is 2.33 bits per heavy atom. The molecule has 3 saturated heterocycles. The van der Waals surface area contributed by atoms with Gasteiger partial charge in [0, 0.05) is 79.4 Å². The zero-order valence-corrected chi connectivity index (χ0v) is 32.5. The summed E-state index contributed by atoms with van der Waals surface area (Å²) in [5, 5.41) is 21.9. The second kappa shape index (κ2) is 17.6. The first-order valence-corrected chi connectivity index (χ1v) is 20.6. The number of nitrogens with one attached hydrogen (secondary N) is 4. The van der Waals surface area contributed by atoms with E-state index >= 15 is 4.39 Å². The number of hydrogen-bond donors (Lipinski definition) is 5. The van der Waals surface area contributed by atoms with Gasteiger partial charge in [0.2, 0.25) is 17.8 Å². The number of pyridine rings is 1. The number of aliphatic hydroxyl groups is 1. The molecule has 8 rings (SSSR count). The average Bonchev–Trinajstić information content (AvgIpc) is 3.23. The van der Waals surface area contributed by atoms with Crippen molar-refractivity contribution in [2.75, 3.05) is 41.7 Å². The number of piperidine rings is 3. The summed E-state index contributed by atoms with van der Waals surface area (Å²) in [6.07, 6.45) is 9.63. The molecule has 4 aliphatic rings. The van der Waals surface area contributed by atoms with Crippen molar-refractivity contribution in [2.24, 2.45) is 5.92 Å². The van der Waals surface area contributed by atoms with E-state index in [0.29, 0.717) is 47.5 Å². The fourth-order valence-corrected chi connectivity index (χ4v) is 8.95. The molecule has 0 radical (unpaired) electrons. The topological polar surface area (TPSA) is 157 Å². The lowest BCUT2D eigenvalue weighted by Crippen LogP contribution is -2.52. The maximum atomic E-state index is 15.2. The van der Waals surface area contributed by atoms with Crippen molar-refractivity contribution in [2.45, 2.75) is 94.6 Å². The molecule has 2 aromatic heterocycles. The largest absolute Gasteiger partial charge is 0.374 e. The average molecular weight is 796 g/mol. The third-order valence-corrected chi connectivity index (χ3v) is 12.2. The molecule has 2 unspecified atom stereocenters. The number of likely N-dealkylation sites (tertiary alicyclic amines) is 1. The highest BCUT2D eigenvalue weighted by Crippen LogP contribution is 2.31. The minimum absolute atomic E-state index is 0.0553. The zero-order valence-electron chi connectivity index (χ0n) is 32.5. The monoisotopic (exact) mass is 795 g/mol. The van der Waals surface area contributed by atoms with Gasteiger partial charge in [-0.1, -0.05) is 18.2 Å². The first-order chi connectivity index (χ1) is 28.2. The Kier molecular flexibility index (Phi) is 12.0. The quantitative estimate of drug-likeness (QED) is 0.151. The molecule has 306 valence electrons. The standard InChI is InChI=1S/C43H51F2N9O4/c44-34-25-31(47-36-12-14-38(55)50-42(36)58)11-13-37(34)53-22-17-32(18-23-53)52-20-15-30(16-21-52)48-41(57)27-7-9-29(10-8-27)49-43-46-26-35(45)40(51-43)28-4-3-5-33(24-28)54-19-2-1-6-39(54)56/h1-6,11,13,19,24-27,29-30,32,36,38,47,55H,7-10,12,14-18,20-23H2,(H,48,57)(H,50,58)(H,46,49,51).